The van der Waals surface area contributed by atoms with Crippen LogP contribution in [0, 0.1) is 11.8 Å². The number of fused-ring (bicyclic) bond motifs is 1. The molecule has 0 saturated carbocycles. The monoisotopic (exact) mass is 456 g/mol. The number of thioether (sulfide) groups is 1. The predicted molar refractivity (Wildman–Crippen MR) is 131 cm³/mol. The zero-order valence-corrected chi connectivity index (χ0v) is 20.0. The number of piperidine rings is 1. The molecule has 4 rings (SSSR count). The molecule has 2 aromatic rings. The van der Waals surface area contributed by atoms with Crippen LogP contribution in [-0.4, -0.2) is 43.6 Å². The average molecular weight is 457 g/mol. The second-order valence-corrected chi connectivity index (χ2v) is 10.4. The third kappa shape index (κ3) is 4.15. The van der Waals surface area contributed by atoms with Gasteiger partial charge in [0.1, 0.15) is 15.8 Å². The number of hydrogen-bond acceptors (Lipinski definition) is 6. The van der Waals surface area contributed by atoms with Gasteiger partial charge >= 0.3 is 0 Å². The molecule has 6 nitrogen and oxygen atoms in total. The van der Waals surface area contributed by atoms with E-state index in [1.54, 1.807) is 21.6 Å². The van der Waals surface area contributed by atoms with E-state index in [0.29, 0.717) is 38.1 Å². The molecule has 2 aliphatic heterocycles. The molecule has 3 atom stereocenters. The summed E-state index contributed by atoms with van der Waals surface area (Å²) >= 11 is 6.74. The van der Waals surface area contributed by atoms with Crippen LogP contribution in [0.3, 0.4) is 0 Å². The zero-order chi connectivity index (χ0) is 22.3. The molecule has 1 amide bonds. The lowest BCUT2D eigenvalue weighted by Gasteiger charge is -2.36. The third-order valence-electron chi connectivity index (χ3n) is 6.05. The van der Waals surface area contributed by atoms with Gasteiger partial charge in [-0.15, -0.1) is 0 Å². The summed E-state index contributed by atoms with van der Waals surface area (Å²) in [6.45, 7) is 10.2. The predicted octanol–water partition coefficient (Wildman–Crippen LogP) is 4.18. The molecule has 8 heteroatoms. The highest BCUT2D eigenvalue weighted by atomic mass is 32.2. The highest BCUT2D eigenvalue weighted by Gasteiger charge is 2.35. The van der Waals surface area contributed by atoms with Gasteiger partial charge in [-0.3, -0.25) is 18.9 Å². The summed E-state index contributed by atoms with van der Waals surface area (Å²) in [6, 6.07) is 5.56. The highest BCUT2D eigenvalue weighted by Crippen LogP contribution is 2.36. The first-order valence-corrected chi connectivity index (χ1v) is 12.1. The number of nitrogens with zero attached hydrogens (tertiary/aromatic N) is 4. The Balaban J connectivity index is 1.86. The molecular formula is C23H28N4O2S2. The maximum atomic E-state index is 13.5. The lowest BCUT2D eigenvalue weighted by Crippen LogP contribution is -2.40. The quantitative estimate of drug-likeness (QED) is 0.508. The van der Waals surface area contributed by atoms with Gasteiger partial charge < -0.3 is 4.90 Å². The Kier molecular flexibility index (Phi) is 6.21. The molecular weight excluding hydrogens is 428 g/mol. The fourth-order valence-electron chi connectivity index (χ4n) is 4.47. The Morgan fingerprint density at radius 3 is 2.65 bits per heavy atom. The minimum atomic E-state index is -0.166. The molecule has 2 fully saturated rings. The number of aromatic nitrogens is 2. The Bertz CT molecular complexity index is 1120. The van der Waals surface area contributed by atoms with Crippen molar-refractivity contribution in [2.75, 3.05) is 18.0 Å². The van der Waals surface area contributed by atoms with Crippen molar-refractivity contribution in [3.05, 3.63) is 45.2 Å². The lowest BCUT2D eigenvalue weighted by atomic mass is 9.91. The van der Waals surface area contributed by atoms with Crippen LogP contribution in [0.15, 0.2) is 34.1 Å². The van der Waals surface area contributed by atoms with Crippen molar-refractivity contribution in [2.24, 2.45) is 11.8 Å². The number of thiocarbonyl (C=S) groups is 1. The fraction of sp³-hybridized carbons (Fsp3) is 0.478. The van der Waals surface area contributed by atoms with E-state index in [2.05, 4.69) is 18.7 Å². The standard InChI is InChI=1S/C23H28N4O2S2/c1-5-16(4)27-22(29)18(31-23(27)30)11-17-20(25-12-14(2)10-15(3)13-25)24-19-8-6-7-9-26(19)21(17)28/h6-9,11,14-16H,5,10,12-13H2,1-4H3/b18-11-. The van der Waals surface area contributed by atoms with E-state index in [1.807, 2.05) is 32.0 Å². The summed E-state index contributed by atoms with van der Waals surface area (Å²) in [5, 5.41) is 0. The normalized spacial score (nSPS) is 24.5. The molecule has 0 radical (unpaired) electrons. The van der Waals surface area contributed by atoms with Gasteiger partial charge in [-0.1, -0.05) is 50.8 Å². The molecule has 2 aliphatic rings. The van der Waals surface area contributed by atoms with Crippen molar-refractivity contribution < 1.29 is 4.79 Å². The summed E-state index contributed by atoms with van der Waals surface area (Å²) < 4.78 is 2.09. The van der Waals surface area contributed by atoms with Crippen LogP contribution >= 0.6 is 24.0 Å². The molecule has 31 heavy (non-hydrogen) atoms. The maximum absolute atomic E-state index is 13.5. The molecule has 3 unspecified atom stereocenters. The number of pyridine rings is 1. The van der Waals surface area contributed by atoms with Crippen molar-refractivity contribution in [3.8, 4) is 0 Å². The lowest BCUT2D eigenvalue weighted by molar-refractivity contribution is -0.123. The summed E-state index contributed by atoms with van der Waals surface area (Å²) in [4.78, 5) is 35.8. The van der Waals surface area contributed by atoms with Crippen molar-refractivity contribution in [2.45, 2.75) is 46.6 Å². The largest absolute Gasteiger partial charge is 0.355 e. The Morgan fingerprint density at radius 2 is 1.97 bits per heavy atom. The Hall–Kier alpha value is -2.19. The first kappa shape index (κ1) is 22.0. The van der Waals surface area contributed by atoms with E-state index in [-0.39, 0.29) is 17.5 Å². The first-order chi connectivity index (χ1) is 14.8. The van der Waals surface area contributed by atoms with E-state index in [1.165, 1.54) is 11.8 Å². The molecule has 0 bridgehead atoms. The molecule has 164 valence electrons. The van der Waals surface area contributed by atoms with Crippen molar-refractivity contribution in [1.82, 2.24) is 14.3 Å². The first-order valence-electron chi connectivity index (χ1n) is 10.8. The molecule has 4 heterocycles. The molecule has 0 aromatic carbocycles. The van der Waals surface area contributed by atoms with Crippen LogP contribution in [0.5, 0.6) is 0 Å². The summed E-state index contributed by atoms with van der Waals surface area (Å²) in [7, 11) is 0. The van der Waals surface area contributed by atoms with Crippen molar-refractivity contribution in [3.63, 3.8) is 0 Å². The van der Waals surface area contributed by atoms with Crippen molar-refractivity contribution in [1.29, 1.82) is 0 Å². The smallest absolute Gasteiger partial charge is 0.267 e. The fourth-order valence-corrected chi connectivity index (χ4v) is 5.91. The van der Waals surface area contributed by atoms with Crippen LogP contribution in [0.2, 0.25) is 0 Å². The van der Waals surface area contributed by atoms with E-state index < -0.39 is 0 Å². The minimum absolute atomic E-state index is 0.0255. The van der Waals surface area contributed by atoms with Crippen LogP contribution in [-0.2, 0) is 4.79 Å². The van der Waals surface area contributed by atoms with Gasteiger partial charge in [0.2, 0.25) is 0 Å². The highest BCUT2D eigenvalue weighted by molar-refractivity contribution is 8.26. The van der Waals surface area contributed by atoms with Gasteiger partial charge in [-0.05, 0) is 49.8 Å². The second-order valence-electron chi connectivity index (χ2n) is 8.74. The summed E-state index contributed by atoms with van der Waals surface area (Å²) in [5.41, 5.74) is 0.896. The van der Waals surface area contributed by atoms with Gasteiger partial charge in [-0.2, -0.15) is 0 Å². The second kappa shape index (κ2) is 8.74. The number of hydrogen-bond donors (Lipinski definition) is 0. The number of anilines is 1. The van der Waals surface area contributed by atoms with Gasteiger partial charge in [0.05, 0.1) is 10.5 Å². The zero-order valence-electron chi connectivity index (χ0n) is 18.4. The van der Waals surface area contributed by atoms with Crippen LogP contribution < -0.4 is 10.5 Å². The maximum Gasteiger partial charge on any atom is 0.267 e. The van der Waals surface area contributed by atoms with E-state index >= 15 is 0 Å². The van der Waals surface area contributed by atoms with Crippen LogP contribution in [0.4, 0.5) is 5.82 Å². The number of amides is 1. The topological polar surface area (TPSA) is 57.9 Å². The van der Waals surface area contributed by atoms with Gasteiger partial charge in [0.25, 0.3) is 11.5 Å². The van der Waals surface area contributed by atoms with Gasteiger partial charge in [0.15, 0.2) is 0 Å². The van der Waals surface area contributed by atoms with Crippen LogP contribution in [0.1, 0.15) is 46.1 Å². The number of carbonyl (C=O) groups excluding carboxylic acids is 1. The van der Waals surface area contributed by atoms with E-state index in [4.69, 9.17) is 17.2 Å². The van der Waals surface area contributed by atoms with Gasteiger partial charge in [0, 0.05) is 25.3 Å². The Morgan fingerprint density at radius 1 is 1.26 bits per heavy atom. The Labute approximate surface area is 192 Å². The molecule has 2 aromatic heterocycles. The number of carbonyl (C=O) groups is 1. The molecule has 0 spiro atoms. The van der Waals surface area contributed by atoms with Gasteiger partial charge in [-0.25, -0.2) is 4.98 Å². The van der Waals surface area contributed by atoms with Crippen LogP contribution in [0.25, 0.3) is 11.7 Å². The SMILES string of the molecule is CCC(C)N1C(=O)/C(=C/c2c(N3CC(C)CC(C)C3)nc3ccccn3c2=O)SC1=S. The summed E-state index contributed by atoms with van der Waals surface area (Å²) in [5.74, 6) is 1.55. The van der Waals surface area contributed by atoms with E-state index in [9.17, 15) is 9.59 Å². The molecule has 0 N–H and O–H groups in total. The van der Waals surface area contributed by atoms with E-state index in [0.717, 1.165) is 25.9 Å². The third-order valence-corrected chi connectivity index (χ3v) is 7.38. The van der Waals surface area contributed by atoms with Crippen molar-refractivity contribution >= 4 is 51.7 Å². The number of rotatable bonds is 4. The average Bonchev–Trinajstić information content (AvgIpc) is 3.01. The molecule has 0 aliphatic carbocycles. The minimum Gasteiger partial charge on any atom is -0.355 e. The molecule has 2 saturated heterocycles. The summed E-state index contributed by atoms with van der Waals surface area (Å²) in [6.07, 6.45) is 5.40.